The van der Waals surface area contributed by atoms with E-state index in [-0.39, 0.29) is 0 Å². The zero-order valence-electron chi connectivity index (χ0n) is 10.3. The van der Waals surface area contributed by atoms with Crippen molar-refractivity contribution in [2.24, 2.45) is 0 Å². The smallest absolute Gasteiger partial charge is 0.0382 e. The van der Waals surface area contributed by atoms with Crippen LogP contribution in [0.3, 0.4) is 0 Å². The van der Waals surface area contributed by atoms with Gasteiger partial charge in [-0.3, -0.25) is 4.98 Å². The Bertz CT molecular complexity index is 437. The van der Waals surface area contributed by atoms with E-state index in [1.807, 2.05) is 13.8 Å². The Kier molecular flexibility index (Phi) is 2.78. The van der Waals surface area contributed by atoms with Crippen LogP contribution in [0.4, 0.5) is 0 Å². The predicted octanol–water partition coefficient (Wildman–Crippen LogP) is 3.98. The largest absolute Gasteiger partial charge is 0.258 e. The Morgan fingerprint density at radius 2 is 1.06 bits per heavy atom. The molecule has 0 aliphatic heterocycles. The Balaban J connectivity index is 2.57. The molecule has 0 N–H and O–H groups in total. The first-order valence-electron chi connectivity index (χ1n) is 5.58. The van der Waals surface area contributed by atoms with Crippen molar-refractivity contribution in [2.45, 2.75) is 27.7 Å². The normalized spacial score (nSPS) is 10.5. The topological polar surface area (TPSA) is 12.9 Å². The van der Waals surface area contributed by atoms with Crippen LogP contribution in [0.15, 0.2) is 30.3 Å². The van der Waals surface area contributed by atoms with Gasteiger partial charge in [0.2, 0.25) is 0 Å². The molecule has 1 heteroatoms. The average Bonchev–Trinajstić information content (AvgIpc) is 2.14. The van der Waals surface area contributed by atoms with Crippen molar-refractivity contribution in [3.63, 3.8) is 0 Å². The summed E-state index contributed by atoms with van der Waals surface area (Å²) in [4.78, 5) is 4.40. The molecule has 0 saturated carbocycles. The average molecular weight is 211 g/mol. The van der Waals surface area contributed by atoms with Crippen molar-refractivity contribution < 1.29 is 0 Å². The van der Waals surface area contributed by atoms with Gasteiger partial charge in [0.1, 0.15) is 0 Å². The fourth-order valence-corrected chi connectivity index (χ4v) is 2.14. The van der Waals surface area contributed by atoms with Gasteiger partial charge in [-0.2, -0.15) is 0 Å². The highest BCUT2D eigenvalue weighted by atomic mass is 14.7. The van der Waals surface area contributed by atoms with Crippen molar-refractivity contribution >= 4 is 0 Å². The number of hydrogen-bond acceptors (Lipinski definition) is 1. The molecule has 0 saturated heterocycles. The summed E-state index contributed by atoms with van der Waals surface area (Å²) in [5.74, 6) is 0. The van der Waals surface area contributed by atoms with E-state index in [9.17, 15) is 0 Å². The van der Waals surface area contributed by atoms with Gasteiger partial charge < -0.3 is 0 Å². The zero-order chi connectivity index (χ0) is 11.7. The quantitative estimate of drug-likeness (QED) is 0.695. The second kappa shape index (κ2) is 4.09. The standard InChI is InChI=1S/C15H17N/c1-10-5-11(2)7-14(6-10)15-8-12(3)16-13(4)9-15/h5-9H,1-4H3. The lowest BCUT2D eigenvalue weighted by Crippen LogP contribution is -1.89. The maximum Gasteiger partial charge on any atom is 0.0382 e. The van der Waals surface area contributed by atoms with Gasteiger partial charge in [0, 0.05) is 11.4 Å². The fraction of sp³-hybridized carbons (Fsp3) is 0.267. The number of hydrogen-bond donors (Lipinski definition) is 0. The first kappa shape index (κ1) is 10.9. The van der Waals surface area contributed by atoms with Crippen molar-refractivity contribution in [1.29, 1.82) is 0 Å². The van der Waals surface area contributed by atoms with Crippen molar-refractivity contribution in [1.82, 2.24) is 4.98 Å². The third-order valence-corrected chi connectivity index (χ3v) is 2.64. The molecule has 0 atom stereocenters. The number of rotatable bonds is 1. The maximum atomic E-state index is 4.40. The summed E-state index contributed by atoms with van der Waals surface area (Å²) in [6.45, 7) is 8.35. The number of nitrogens with zero attached hydrogens (tertiary/aromatic N) is 1. The summed E-state index contributed by atoms with van der Waals surface area (Å²) in [6.07, 6.45) is 0. The minimum Gasteiger partial charge on any atom is -0.258 e. The molecule has 0 radical (unpaired) electrons. The molecular weight excluding hydrogens is 194 g/mol. The molecule has 2 aromatic rings. The van der Waals surface area contributed by atoms with Gasteiger partial charge in [-0.15, -0.1) is 0 Å². The Morgan fingerprint density at radius 1 is 0.625 bits per heavy atom. The van der Waals surface area contributed by atoms with Crippen LogP contribution in [0.25, 0.3) is 11.1 Å². The van der Waals surface area contributed by atoms with E-state index >= 15 is 0 Å². The van der Waals surface area contributed by atoms with Crippen LogP contribution in [0.5, 0.6) is 0 Å². The molecule has 0 spiro atoms. The molecule has 0 amide bonds. The second-order valence-corrected chi connectivity index (χ2v) is 4.51. The minimum atomic E-state index is 1.08. The summed E-state index contributed by atoms with van der Waals surface area (Å²) in [5.41, 5.74) is 7.32. The van der Waals surface area contributed by atoms with Crippen LogP contribution in [0.1, 0.15) is 22.5 Å². The van der Waals surface area contributed by atoms with Gasteiger partial charge in [0.25, 0.3) is 0 Å². The molecule has 1 aromatic carbocycles. The first-order chi connectivity index (χ1) is 7.54. The minimum absolute atomic E-state index is 1.08. The third kappa shape index (κ3) is 2.30. The predicted molar refractivity (Wildman–Crippen MR) is 68.6 cm³/mol. The van der Waals surface area contributed by atoms with E-state index in [0.717, 1.165) is 11.4 Å². The summed E-state index contributed by atoms with van der Waals surface area (Å²) in [7, 11) is 0. The highest BCUT2D eigenvalue weighted by Crippen LogP contribution is 2.23. The second-order valence-electron chi connectivity index (χ2n) is 4.51. The maximum absolute atomic E-state index is 4.40. The Labute approximate surface area is 97.2 Å². The van der Waals surface area contributed by atoms with Crippen LogP contribution in [0, 0.1) is 27.7 Å². The molecule has 82 valence electrons. The van der Waals surface area contributed by atoms with Gasteiger partial charge >= 0.3 is 0 Å². The van der Waals surface area contributed by atoms with Crippen LogP contribution in [-0.4, -0.2) is 4.98 Å². The molecule has 1 nitrogen and oxygen atoms in total. The monoisotopic (exact) mass is 211 g/mol. The lowest BCUT2D eigenvalue weighted by atomic mass is 10.0. The Morgan fingerprint density at radius 3 is 1.56 bits per heavy atom. The zero-order valence-corrected chi connectivity index (χ0v) is 10.3. The van der Waals surface area contributed by atoms with E-state index in [2.05, 4.69) is 49.2 Å². The van der Waals surface area contributed by atoms with Crippen LogP contribution < -0.4 is 0 Å². The molecular formula is C15H17N. The molecule has 0 bridgehead atoms. The molecule has 16 heavy (non-hydrogen) atoms. The SMILES string of the molecule is Cc1cc(C)cc(-c2cc(C)nc(C)c2)c1. The number of aromatic nitrogens is 1. The highest BCUT2D eigenvalue weighted by Gasteiger charge is 2.02. The van der Waals surface area contributed by atoms with Gasteiger partial charge in [-0.05, 0) is 51.0 Å². The molecule has 0 aliphatic carbocycles. The third-order valence-electron chi connectivity index (χ3n) is 2.64. The molecule has 0 unspecified atom stereocenters. The van der Waals surface area contributed by atoms with E-state index in [1.54, 1.807) is 0 Å². The molecule has 1 aromatic heterocycles. The highest BCUT2D eigenvalue weighted by molar-refractivity contribution is 5.65. The van der Waals surface area contributed by atoms with Crippen LogP contribution >= 0.6 is 0 Å². The summed E-state index contributed by atoms with van der Waals surface area (Å²) >= 11 is 0. The molecule has 2 rings (SSSR count). The van der Waals surface area contributed by atoms with E-state index in [1.165, 1.54) is 22.3 Å². The van der Waals surface area contributed by atoms with Crippen LogP contribution in [0.2, 0.25) is 0 Å². The van der Waals surface area contributed by atoms with Crippen LogP contribution in [-0.2, 0) is 0 Å². The number of aryl methyl sites for hydroxylation is 4. The molecule has 0 fully saturated rings. The molecule has 1 heterocycles. The molecule has 0 aliphatic rings. The van der Waals surface area contributed by atoms with Gasteiger partial charge in [-0.25, -0.2) is 0 Å². The first-order valence-corrected chi connectivity index (χ1v) is 5.58. The lowest BCUT2D eigenvalue weighted by molar-refractivity contribution is 1.12. The van der Waals surface area contributed by atoms with Crippen molar-refractivity contribution in [2.75, 3.05) is 0 Å². The summed E-state index contributed by atoms with van der Waals surface area (Å²) in [5, 5.41) is 0. The van der Waals surface area contributed by atoms with Gasteiger partial charge in [-0.1, -0.05) is 29.3 Å². The van der Waals surface area contributed by atoms with E-state index < -0.39 is 0 Å². The lowest BCUT2D eigenvalue weighted by Gasteiger charge is -2.07. The van der Waals surface area contributed by atoms with E-state index in [0.29, 0.717) is 0 Å². The van der Waals surface area contributed by atoms with Crippen molar-refractivity contribution in [3.8, 4) is 11.1 Å². The Hall–Kier alpha value is -1.63. The number of benzene rings is 1. The number of pyridine rings is 1. The fourth-order valence-electron chi connectivity index (χ4n) is 2.14. The van der Waals surface area contributed by atoms with E-state index in [4.69, 9.17) is 0 Å². The van der Waals surface area contributed by atoms with Gasteiger partial charge in [0.05, 0.1) is 0 Å². The van der Waals surface area contributed by atoms with Crippen molar-refractivity contribution in [3.05, 3.63) is 52.8 Å². The summed E-state index contributed by atoms with van der Waals surface area (Å²) < 4.78 is 0. The van der Waals surface area contributed by atoms with Gasteiger partial charge in [0.15, 0.2) is 0 Å². The summed E-state index contributed by atoms with van der Waals surface area (Å²) in [6, 6.07) is 10.9.